The van der Waals surface area contributed by atoms with Crippen LogP contribution in [0.3, 0.4) is 0 Å². The fourth-order valence-electron chi connectivity index (χ4n) is 2.35. The molecule has 1 atom stereocenters. The molecule has 0 saturated carbocycles. The Bertz CT molecular complexity index is 316. The quantitative estimate of drug-likeness (QED) is 0.670. The van der Waals surface area contributed by atoms with Crippen molar-refractivity contribution in [2.45, 2.75) is 54.6 Å². The minimum absolute atomic E-state index is 0.0262. The minimum Gasteiger partial charge on any atom is -0.454 e. The van der Waals surface area contributed by atoms with Gasteiger partial charge in [-0.3, -0.25) is 0 Å². The molecule has 0 aromatic heterocycles. The summed E-state index contributed by atoms with van der Waals surface area (Å²) in [7, 11) is 0. The SMILES string of the molecule is CC(C)C1=C(C(C)(C)C)C(=O)OC1C(C)C. The molecular weight excluding hydrogens is 200 g/mol. The van der Waals surface area contributed by atoms with Crippen LogP contribution in [-0.2, 0) is 9.53 Å². The van der Waals surface area contributed by atoms with Crippen molar-refractivity contribution >= 4 is 5.97 Å². The number of hydrogen-bond acceptors (Lipinski definition) is 2. The minimum atomic E-state index is -0.125. The van der Waals surface area contributed by atoms with E-state index < -0.39 is 0 Å². The van der Waals surface area contributed by atoms with E-state index in [0.29, 0.717) is 11.8 Å². The second kappa shape index (κ2) is 4.23. The average Bonchev–Trinajstić information content (AvgIpc) is 2.41. The Morgan fingerprint density at radius 3 is 1.94 bits per heavy atom. The summed E-state index contributed by atoms with van der Waals surface area (Å²) in [5, 5.41) is 0. The van der Waals surface area contributed by atoms with Crippen LogP contribution in [0.2, 0.25) is 0 Å². The molecule has 16 heavy (non-hydrogen) atoms. The fraction of sp³-hybridized carbons (Fsp3) is 0.786. The third kappa shape index (κ3) is 2.31. The summed E-state index contributed by atoms with van der Waals surface area (Å²) >= 11 is 0. The van der Waals surface area contributed by atoms with Crippen molar-refractivity contribution in [2.24, 2.45) is 17.3 Å². The van der Waals surface area contributed by atoms with E-state index in [-0.39, 0.29) is 17.5 Å². The van der Waals surface area contributed by atoms with E-state index in [1.807, 2.05) is 0 Å². The second-order valence-corrected chi connectivity index (χ2v) is 6.30. The van der Waals surface area contributed by atoms with Gasteiger partial charge in [-0.15, -0.1) is 0 Å². The predicted molar refractivity (Wildman–Crippen MR) is 66.0 cm³/mol. The van der Waals surface area contributed by atoms with Crippen LogP contribution in [0.25, 0.3) is 0 Å². The van der Waals surface area contributed by atoms with Crippen LogP contribution in [0.15, 0.2) is 11.1 Å². The molecule has 0 saturated heterocycles. The van der Waals surface area contributed by atoms with Crippen LogP contribution in [0.1, 0.15) is 48.5 Å². The number of carbonyl (C=O) groups excluding carboxylic acids is 1. The molecule has 2 heteroatoms. The van der Waals surface area contributed by atoms with Crippen LogP contribution in [-0.4, -0.2) is 12.1 Å². The highest BCUT2D eigenvalue weighted by Crippen LogP contribution is 2.41. The van der Waals surface area contributed by atoms with E-state index in [2.05, 4.69) is 48.5 Å². The Labute approximate surface area is 99.1 Å². The van der Waals surface area contributed by atoms with Gasteiger partial charge in [-0.2, -0.15) is 0 Å². The molecule has 1 aliphatic heterocycles. The fourth-order valence-corrected chi connectivity index (χ4v) is 2.35. The molecule has 1 heterocycles. The van der Waals surface area contributed by atoms with Crippen molar-refractivity contribution in [2.75, 3.05) is 0 Å². The van der Waals surface area contributed by atoms with Gasteiger partial charge in [0.05, 0.1) is 0 Å². The standard InChI is InChI=1S/C14H24O2/c1-8(2)10-11(14(5,6)7)13(15)16-12(10)9(3)4/h8-9,12H,1-7H3. The highest BCUT2D eigenvalue weighted by molar-refractivity contribution is 5.93. The normalized spacial score (nSPS) is 22.3. The Balaban J connectivity index is 3.28. The van der Waals surface area contributed by atoms with E-state index in [1.54, 1.807) is 0 Å². The molecule has 0 N–H and O–H groups in total. The van der Waals surface area contributed by atoms with Gasteiger partial charge in [0.1, 0.15) is 6.10 Å². The van der Waals surface area contributed by atoms with Crippen molar-refractivity contribution in [1.82, 2.24) is 0 Å². The third-order valence-electron chi connectivity index (χ3n) is 3.01. The number of esters is 1. The monoisotopic (exact) mass is 224 g/mol. The van der Waals surface area contributed by atoms with Crippen LogP contribution in [0.5, 0.6) is 0 Å². The van der Waals surface area contributed by atoms with Gasteiger partial charge >= 0.3 is 5.97 Å². The van der Waals surface area contributed by atoms with Gasteiger partial charge in [0.15, 0.2) is 0 Å². The highest BCUT2D eigenvalue weighted by Gasteiger charge is 2.41. The average molecular weight is 224 g/mol. The first kappa shape index (κ1) is 13.3. The number of ether oxygens (including phenoxy) is 1. The molecule has 1 aliphatic rings. The summed E-state index contributed by atoms with van der Waals surface area (Å²) in [6.07, 6.45) is -0.0262. The lowest BCUT2D eigenvalue weighted by Gasteiger charge is -2.23. The van der Waals surface area contributed by atoms with E-state index in [9.17, 15) is 4.79 Å². The van der Waals surface area contributed by atoms with Crippen molar-refractivity contribution in [3.63, 3.8) is 0 Å². The van der Waals surface area contributed by atoms with Gasteiger partial charge in [0.25, 0.3) is 0 Å². The molecule has 92 valence electrons. The maximum Gasteiger partial charge on any atom is 0.335 e. The molecule has 1 rings (SSSR count). The third-order valence-corrected chi connectivity index (χ3v) is 3.01. The van der Waals surface area contributed by atoms with Gasteiger partial charge in [-0.05, 0) is 22.8 Å². The van der Waals surface area contributed by atoms with Gasteiger partial charge in [-0.1, -0.05) is 48.5 Å². The van der Waals surface area contributed by atoms with E-state index in [0.717, 1.165) is 5.57 Å². The maximum atomic E-state index is 12.0. The molecule has 0 amide bonds. The molecular formula is C14H24O2. The molecule has 0 bridgehead atoms. The lowest BCUT2D eigenvalue weighted by atomic mass is 9.78. The largest absolute Gasteiger partial charge is 0.454 e. The summed E-state index contributed by atoms with van der Waals surface area (Å²) in [6.45, 7) is 14.7. The van der Waals surface area contributed by atoms with Crippen molar-refractivity contribution in [3.05, 3.63) is 11.1 Å². The topological polar surface area (TPSA) is 26.3 Å². The summed E-state index contributed by atoms with van der Waals surface area (Å²) in [5.74, 6) is 0.601. The first-order chi connectivity index (χ1) is 7.16. The Morgan fingerprint density at radius 2 is 1.62 bits per heavy atom. The Morgan fingerprint density at radius 1 is 1.12 bits per heavy atom. The summed E-state index contributed by atoms with van der Waals surface area (Å²) in [4.78, 5) is 12.0. The van der Waals surface area contributed by atoms with Crippen molar-refractivity contribution < 1.29 is 9.53 Å². The van der Waals surface area contributed by atoms with Gasteiger partial charge in [0, 0.05) is 5.57 Å². The van der Waals surface area contributed by atoms with E-state index in [1.165, 1.54) is 5.57 Å². The first-order valence-corrected chi connectivity index (χ1v) is 6.11. The Hall–Kier alpha value is -0.790. The first-order valence-electron chi connectivity index (χ1n) is 6.11. The van der Waals surface area contributed by atoms with E-state index >= 15 is 0 Å². The molecule has 0 fully saturated rings. The van der Waals surface area contributed by atoms with Crippen LogP contribution in [0.4, 0.5) is 0 Å². The molecule has 0 aliphatic carbocycles. The summed E-state index contributed by atoms with van der Waals surface area (Å²) in [6, 6.07) is 0. The molecule has 0 spiro atoms. The summed E-state index contributed by atoms with van der Waals surface area (Å²) in [5.41, 5.74) is 1.97. The Kier molecular flexibility index (Phi) is 3.51. The molecule has 0 aromatic rings. The maximum absolute atomic E-state index is 12.0. The summed E-state index contributed by atoms with van der Waals surface area (Å²) < 4.78 is 5.52. The van der Waals surface area contributed by atoms with Crippen LogP contribution < -0.4 is 0 Å². The predicted octanol–water partition coefficient (Wildman–Crippen LogP) is 3.57. The van der Waals surface area contributed by atoms with Gasteiger partial charge in [0.2, 0.25) is 0 Å². The highest BCUT2D eigenvalue weighted by atomic mass is 16.5. The smallest absolute Gasteiger partial charge is 0.335 e. The number of hydrogen-bond donors (Lipinski definition) is 0. The van der Waals surface area contributed by atoms with Crippen molar-refractivity contribution in [1.29, 1.82) is 0 Å². The zero-order valence-electron chi connectivity index (χ0n) is 11.5. The zero-order chi connectivity index (χ0) is 12.7. The molecule has 0 aromatic carbocycles. The number of cyclic esters (lactones) is 1. The molecule has 1 unspecified atom stereocenters. The second-order valence-electron chi connectivity index (χ2n) is 6.30. The number of rotatable bonds is 2. The lowest BCUT2D eigenvalue weighted by molar-refractivity contribution is -0.142. The van der Waals surface area contributed by atoms with Crippen LogP contribution in [0, 0.1) is 17.3 Å². The molecule has 2 nitrogen and oxygen atoms in total. The molecule has 0 radical (unpaired) electrons. The van der Waals surface area contributed by atoms with E-state index in [4.69, 9.17) is 4.74 Å². The van der Waals surface area contributed by atoms with Crippen LogP contribution >= 0.6 is 0 Å². The van der Waals surface area contributed by atoms with Gasteiger partial charge < -0.3 is 4.74 Å². The van der Waals surface area contributed by atoms with Gasteiger partial charge in [-0.25, -0.2) is 4.79 Å². The van der Waals surface area contributed by atoms with Crippen molar-refractivity contribution in [3.8, 4) is 0 Å². The number of carbonyl (C=O) groups is 1. The lowest BCUT2D eigenvalue weighted by Crippen LogP contribution is -2.21. The zero-order valence-corrected chi connectivity index (χ0v) is 11.5.